The number of likely N-dealkylation sites (N-methyl/N-ethyl adjacent to an activating group) is 2. The first-order valence-electron chi connectivity index (χ1n) is 6.49. The summed E-state index contributed by atoms with van der Waals surface area (Å²) >= 11 is 0. The first-order chi connectivity index (χ1) is 8.62. The van der Waals surface area contributed by atoms with E-state index in [2.05, 4.69) is 35.0 Å². The van der Waals surface area contributed by atoms with Gasteiger partial charge in [0, 0.05) is 31.4 Å². The van der Waals surface area contributed by atoms with E-state index >= 15 is 0 Å². The number of anilines is 1. The molecule has 1 aromatic rings. The summed E-state index contributed by atoms with van der Waals surface area (Å²) in [4.78, 5) is 9.17. The lowest BCUT2D eigenvalue weighted by atomic mass is 9.95. The van der Waals surface area contributed by atoms with Crippen LogP contribution in [0.15, 0.2) is 29.3 Å². The van der Waals surface area contributed by atoms with E-state index in [4.69, 9.17) is 5.73 Å². The van der Waals surface area contributed by atoms with Crippen LogP contribution in [-0.2, 0) is 0 Å². The van der Waals surface area contributed by atoms with Crippen LogP contribution < -0.4 is 10.6 Å². The minimum absolute atomic E-state index is 0.132. The highest BCUT2D eigenvalue weighted by molar-refractivity contribution is 6.04. The fourth-order valence-corrected chi connectivity index (χ4v) is 2.67. The molecule has 0 aromatic heterocycles. The van der Waals surface area contributed by atoms with Crippen molar-refractivity contribution in [2.75, 3.05) is 32.1 Å². The topological polar surface area (TPSA) is 44.9 Å². The Morgan fingerprint density at radius 3 is 2.39 bits per heavy atom. The quantitative estimate of drug-likeness (QED) is 0.754. The van der Waals surface area contributed by atoms with Crippen molar-refractivity contribution in [2.45, 2.75) is 19.5 Å². The van der Waals surface area contributed by atoms with Crippen molar-refractivity contribution in [3.05, 3.63) is 29.8 Å². The lowest BCUT2D eigenvalue weighted by Crippen LogP contribution is -2.69. The third-order valence-corrected chi connectivity index (χ3v) is 3.54. The van der Waals surface area contributed by atoms with Crippen LogP contribution in [-0.4, -0.2) is 43.6 Å². The molecule has 3 rings (SSSR count). The van der Waals surface area contributed by atoms with Gasteiger partial charge in [0.15, 0.2) is 5.66 Å². The molecule has 2 heterocycles. The smallest absolute Gasteiger partial charge is 0.159 e. The van der Waals surface area contributed by atoms with E-state index in [0.717, 1.165) is 18.7 Å². The van der Waals surface area contributed by atoms with Gasteiger partial charge in [-0.3, -0.25) is 4.90 Å². The van der Waals surface area contributed by atoms with Crippen molar-refractivity contribution < 1.29 is 0 Å². The molecule has 0 bridgehead atoms. The lowest BCUT2D eigenvalue weighted by Gasteiger charge is -2.53. The highest BCUT2D eigenvalue weighted by Gasteiger charge is 2.47. The van der Waals surface area contributed by atoms with Gasteiger partial charge < -0.3 is 10.6 Å². The van der Waals surface area contributed by atoms with E-state index in [1.165, 1.54) is 5.69 Å². The van der Waals surface area contributed by atoms with Gasteiger partial charge in [0.05, 0.1) is 0 Å². The molecule has 2 aliphatic rings. The molecule has 0 atom stereocenters. The Morgan fingerprint density at radius 1 is 1.17 bits per heavy atom. The standard InChI is InChI=1S/C12H16N4.C2H6/c1-15-7-12(8-15)14-11(13)9-5-3-4-6-10(9)16(12)2;1-2/h3-6H,7-8H2,1-2H3,(H2,13,14);1-2H3. The molecule has 2 aliphatic heterocycles. The first kappa shape index (κ1) is 12.9. The zero-order valence-electron chi connectivity index (χ0n) is 11.6. The molecule has 0 saturated carbocycles. The zero-order chi connectivity index (χ0) is 13.3. The van der Waals surface area contributed by atoms with Crippen molar-refractivity contribution >= 4 is 11.5 Å². The predicted octanol–water partition coefficient (Wildman–Crippen LogP) is 1.51. The fraction of sp³-hybridized carbons (Fsp3) is 0.500. The van der Waals surface area contributed by atoms with Gasteiger partial charge in [-0.2, -0.15) is 0 Å². The normalized spacial score (nSPS) is 20.4. The summed E-state index contributed by atoms with van der Waals surface area (Å²) in [6.45, 7) is 5.89. The number of nitrogens with zero attached hydrogens (tertiary/aromatic N) is 3. The van der Waals surface area contributed by atoms with Crippen LogP contribution in [0.2, 0.25) is 0 Å². The van der Waals surface area contributed by atoms with Gasteiger partial charge in [-0.25, -0.2) is 4.99 Å². The second-order valence-electron chi connectivity index (χ2n) is 4.73. The highest BCUT2D eigenvalue weighted by Crippen LogP contribution is 2.36. The second kappa shape index (κ2) is 4.61. The molecule has 1 saturated heterocycles. The SMILES string of the molecule is CC.CN1CC2(C1)N=C(N)c1ccccc1N2C. The molecule has 0 amide bonds. The molecule has 1 spiro atoms. The number of hydrogen-bond donors (Lipinski definition) is 1. The zero-order valence-corrected chi connectivity index (χ0v) is 11.6. The minimum Gasteiger partial charge on any atom is -0.383 e. The molecule has 0 unspecified atom stereocenters. The van der Waals surface area contributed by atoms with Gasteiger partial charge in [0.1, 0.15) is 5.84 Å². The van der Waals surface area contributed by atoms with Crippen LogP contribution in [0, 0.1) is 0 Å². The largest absolute Gasteiger partial charge is 0.383 e. The predicted molar refractivity (Wildman–Crippen MR) is 77.1 cm³/mol. The van der Waals surface area contributed by atoms with Gasteiger partial charge in [0.2, 0.25) is 0 Å². The summed E-state index contributed by atoms with van der Waals surface area (Å²) in [7, 11) is 4.20. The molecule has 98 valence electrons. The summed E-state index contributed by atoms with van der Waals surface area (Å²) < 4.78 is 0. The van der Waals surface area contributed by atoms with Gasteiger partial charge in [-0.05, 0) is 19.2 Å². The molecule has 1 aromatic carbocycles. The lowest BCUT2D eigenvalue weighted by molar-refractivity contribution is 0.101. The first-order valence-corrected chi connectivity index (χ1v) is 6.49. The number of fused-ring (bicyclic) bond motifs is 1. The fourth-order valence-electron chi connectivity index (χ4n) is 2.67. The van der Waals surface area contributed by atoms with E-state index in [1.54, 1.807) is 0 Å². The Bertz CT molecular complexity index is 461. The van der Waals surface area contributed by atoms with E-state index in [1.807, 2.05) is 32.0 Å². The maximum Gasteiger partial charge on any atom is 0.159 e. The number of likely N-dealkylation sites (tertiary alicyclic amines) is 1. The monoisotopic (exact) mass is 246 g/mol. The van der Waals surface area contributed by atoms with Crippen LogP contribution in [0.25, 0.3) is 0 Å². The van der Waals surface area contributed by atoms with Crippen molar-refractivity contribution in [2.24, 2.45) is 10.7 Å². The number of rotatable bonds is 0. The second-order valence-corrected chi connectivity index (χ2v) is 4.73. The molecule has 0 aliphatic carbocycles. The summed E-state index contributed by atoms with van der Waals surface area (Å²) in [6, 6.07) is 8.18. The van der Waals surface area contributed by atoms with Crippen molar-refractivity contribution in [1.29, 1.82) is 0 Å². The van der Waals surface area contributed by atoms with Crippen molar-refractivity contribution in [1.82, 2.24) is 4.90 Å². The average molecular weight is 246 g/mol. The molecule has 1 fully saturated rings. The molecule has 4 heteroatoms. The maximum atomic E-state index is 6.04. The number of hydrogen-bond acceptors (Lipinski definition) is 4. The summed E-state index contributed by atoms with van der Waals surface area (Å²) in [5.41, 5.74) is 8.14. The Balaban J connectivity index is 0.000000574. The number of nitrogens with two attached hydrogens (primary N) is 1. The van der Waals surface area contributed by atoms with Crippen LogP contribution in [0.5, 0.6) is 0 Å². The number of amidine groups is 1. The van der Waals surface area contributed by atoms with Crippen molar-refractivity contribution in [3.63, 3.8) is 0 Å². The van der Waals surface area contributed by atoms with Crippen LogP contribution >= 0.6 is 0 Å². The Hall–Kier alpha value is -1.55. The molecule has 0 radical (unpaired) electrons. The molecular formula is C14H22N4. The number of aliphatic imine (C=N–C) groups is 1. The van der Waals surface area contributed by atoms with Gasteiger partial charge in [-0.1, -0.05) is 26.0 Å². The maximum absolute atomic E-state index is 6.04. The number of para-hydroxylation sites is 1. The Labute approximate surface area is 109 Å². The Morgan fingerprint density at radius 2 is 1.78 bits per heavy atom. The van der Waals surface area contributed by atoms with E-state index in [0.29, 0.717) is 5.84 Å². The summed E-state index contributed by atoms with van der Waals surface area (Å²) in [6.07, 6.45) is 0. The third kappa shape index (κ3) is 1.77. The van der Waals surface area contributed by atoms with E-state index in [-0.39, 0.29) is 5.66 Å². The minimum atomic E-state index is -0.132. The summed E-state index contributed by atoms with van der Waals surface area (Å²) in [5.74, 6) is 0.668. The Kier molecular flexibility index (Phi) is 3.30. The van der Waals surface area contributed by atoms with E-state index < -0.39 is 0 Å². The molecule has 2 N–H and O–H groups in total. The summed E-state index contributed by atoms with van der Waals surface area (Å²) in [5, 5.41) is 0. The van der Waals surface area contributed by atoms with Crippen LogP contribution in [0.4, 0.5) is 5.69 Å². The van der Waals surface area contributed by atoms with Crippen LogP contribution in [0.3, 0.4) is 0 Å². The van der Waals surface area contributed by atoms with E-state index in [9.17, 15) is 0 Å². The number of benzene rings is 1. The average Bonchev–Trinajstić information content (AvgIpc) is 2.37. The molecule has 18 heavy (non-hydrogen) atoms. The molecule has 4 nitrogen and oxygen atoms in total. The molecular weight excluding hydrogens is 224 g/mol. The third-order valence-electron chi connectivity index (χ3n) is 3.54. The van der Waals surface area contributed by atoms with Crippen molar-refractivity contribution in [3.8, 4) is 0 Å². The van der Waals surface area contributed by atoms with Gasteiger partial charge >= 0.3 is 0 Å². The van der Waals surface area contributed by atoms with Gasteiger partial charge in [0.25, 0.3) is 0 Å². The van der Waals surface area contributed by atoms with Gasteiger partial charge in [-0.15, -0.1) is 0 Å². The highest BCUT2D eigenvalue weighted by atomic mass is 15.4. The van der Waals surface area contributed by atoms with Crippen LogP contribution in [0.1, 0.15) is 19.4 Å².